The number of fused-ring (bicyclic) bond motifs is 1. The standard InChI is InChI=1S/C12H16N4OS/c1-7(17)14-3-4-15-10-6-11-12(5-9(10)13)18-8(2)16-11/h5-6,15H,3-4,13H2,1-2H3,(H,14,17). The zero-order chi connectivity index (χ0) is 13.1. The summed E-state index contributed by atoms with van der Waals surface area (Å²) in [4.78, 5) is 15.2. The van der Waals surface area contributed by atoms with Crippen molar-refractivity contribution >= 4 is 38.8 Å². The van der Waals surface area contributed by atoms with Crippen LogP contribution in [0.3, 0.4) is 0 Å². The van der Waals surface area contributed by atoms with Crippen molar-refractivity contribution < 1.29 is 4.79 Å². The van der Waals surface area contributed by atoms with Gasteiger partial charge < -0.3 is 16.4 Å². The lowest BCUT2D eigenvalue weighted by atomic mass is 10.2. The van der Waals surface area contributed by atoms with E-state index in [0.29, 0.717) is 18.8 Å². The SMILES string of the molecule is CC(=O)NCCNc1cc2nc(C)sc2cc1N. The molecule has 0 atom stereocenters. The van der Waals surface area contributed by atoms with Crippen LogP contribution < -0.4 is 16.4 Å². The number of amides is 1. The first-order chi connectivity index (χ1) is 8.56. The van der Waals surface area contributed by atoms with E-state index >= 15 is 0 Å². The topological polar surface area (TPSA) is 80.0 Å². The number of aromatic nitrogens is 1. The van der Waals surface area contributed by atoms with Crippen LogP contribution >= 0.6 is 11.3 Å². The molecule has 0 spiro atoms. The lowest BCUT2D eigenvalue weighted by Gasteiger charge is -2.09. The molecule has 0 aliphatic rings. The minimum atomic E-state index is -0.0321. The van der Waals surface area contributed by atoms with Gasteiger partial charge in [0.2, 0.25) is 5.91 Å². The molecule has 6 heteroatoms. The maximum atomic E-state index is 10.7. The third-order valence-corrected chi connectivity index (χ3v) is 3.41. The van der Waals surface area contributed by atoms with Crippen LogP contribution in [-0.2, 0) is 4.79 Å². The molecule has 0 bridgehead atoms. The maximum Gasteiger partial charge on any atom is 0.216 e. The summed E-state index contributed by atoms with van der Waals surface area (Å²) in [7, 11) is 0. The predicted molar refractivity (Wildman–Crippen MR) is 75.9 cm³/mol. The number of nitrogen functional groups attached to an aromatic ring is 1. The van der Waals surface area contributed by atoms with Gasteiger partial charge in [0.1, 0.15) is 0 Å². The molecule has 4 N–H and O–H groups in total. The number of aryl methyl sites for hydroxylation is 1. The van der Waals surface area contributed by atoms with Gasteiger partial charge in [0.05, 0.1) is 26.6 Å². The molecule has 1 aromatic carbocycles. The summed E-state index contributed by atoms with van der Waals surface area (Å²) >= 11 is 1.63. The lowest BCUT2D eigenvalue weighted by Crippen LogP contribution is -2.26. The Bertz CT molecular complexity index is 579. The fraction of sp³-hybridized carbons (Fsp3) is 0.333. The number of hydrogen-bond donors (Lipinski definition) is 3. The van der Waals surface area contributed by atoms with Crippen LogP contribution in [0.5, 0.6) is 0 Å². The molecule has 2 rings (SSSR count). The average Bonchev–Trinajstić information content (AvgIpc) is 2.63. The summed E-state index contributed by atoms with van der Waals surface area (Å²) in [5.74, 6) is -0.0321. The van der Waals surface area contributed by atoms with E-state index < -0.39 is 0 Å². The molecule has 0 fully saturated rings. The number of thiazole rings is 1. The summed E-state index contributed by atoms with van der Waals surface area (Å²) in [5, 5.41) is 6.94. The predicted octanol–water partition coefficient (Wildman–Crippen LogP) is 1.73. The number of benzene rings is 1. The van der Waals surface area contributed by atoms with Gasteiger partial charge in [-0.3, -0.25) is 4.79 Å². The summed E-state index contributed by atoms with van der Waals surface area (Å²) < 4.78 is 1.09. The fourth-order valence-electron chi connectivity index (χ4n) is 1.69. The Morgan fingerprint density at radius 2 is 2.22 bits per heavy atom. The van der Waals surface area contributed by atoms with Gasteiger partial charge in [-0.15, -0.1) is 11.3 Å². The van der Waals surface area contributed by atoms with Gasteiger partial charge in [0, 0.05) is 20.0 Å². The van der Waals surface area contributed by atoms with Crippen molar-refractivity contribution in [2.24, 2.45) is 0 Å². The summed E-state index contributed by atoms with van der Waals surface area (Å²) in [6.45, 7) is 4.69. The summed E-state index contributed by atoms with van der Waals surface area (Å²) in [6.07, 6.45) is 0. The zero-order valence-electron chi connectivity index (χ0n) is 10.4. The van der Waals surface area contributed by atoms with Crippen LogP contribution in [0, 0.1) is 6.92 Å². The Morgan fingerprint density at radius 3 is 2.94 bits per heavy atom. The number of nitrogens with zero attached hydrogens (tertiary/aromatic N) is 1. The average molecular weight is 264 g/mol. The van der Waals surface area contributed by atoms with Gasteiger partial charge in [-0.25, -0.2) is 4.98 Å². The van der Waals surface area contributed by atoms with E-state index in [9.17, 15) is 4.79 Å². The van der Waals surface area contributed by atoms with Gasteiger partial charge in [-0.2, -0.15) is 0 Å². The molecule has 0 aliphatic carbocycles. The smallest absolute Gasteiger partial charge is 0.216 e. The first-order valence-electron chi connectivity index (χ1n) is 5.71. The largest absolute Gasteiger partial charge is 0.397 e. The second-order valence-electron chi connectivity index (χ2n) is 4.05. The van der Waals surface area contributed by atoms with Crippen molar-refractivity contribution in [3.05, 3.63) is 17.1 Å². The van der Waals surface area contributed by atoms with E-state index in [1.807, 2.05) is 19.1 Å². The second kappa shape index (κ2) is 5.22. The van der Waals surface area contributed by atoms with Crippen molar-refractivity contribution in [3.63, 3.8) is 0 Å². The van der Waals surface area contributed by atoms with Crippen molar-refractivity contribution in [1.82, 2.24) is 10.3 Å². The van der Waals surface area contributed by atoms with Crippen molar-refractivity contribution in [1.29, 1.82) is 0 Å². The third-order valence-electron chi connectivity index (χ3n) is 2.48. The number of nitrogens with one attached hydrogen (secondary N) is 2. The molecule has 1 aromatic heterocycles. The highest BCUT2D eigenvalue weighted by Crippen LogP contribution is 2.29. The monoisotopic (exact) mass is 264 g/mol. The van der Waals surface area contributed by atoms with E-state index in [0.717, 1.165) is 20.9 Å². The minimum Gasteiger partial charge on any atom is -0.397 e. The normalized spacial score (nSPS) is 10.6. The Kier molecular flexibility index (Phi) is 3.66. The van der Waals surface area contributed by atoms with Crippen molar-refractivity contribution in [2.75, 3.05) is 24.1 Å². The fourth-order valence-corrected chi connectivity index (χ4v) is 2.55. The van der Waals surface area contributed by atoms with Crippen LogP contribution in [0.4, 0.5) is 11.4 Å². The number of carbonyl (C=O) groups excluding carboxylic acids is 1. The Morgan fingerprint density at radius 1 is 1.44 bits per heavy atom. The van der Waals surface area contributed by atoms with Gasteiger partial charge in [-0.1, -0.05) is 0 Å². The van der Waals surface area contributed by atoms with E-state index in [-0.39, 0.29) is 5.91 Å². The molecule has 0 radical (unpaired) electrons. The molecule has 2 aromatic rings. The maximum absolute atomic E-state index is 10.7. The number of nitrogens with two attached hydrogens (primary N) is 1. The highest BCUT2D eigenvalue weighted by Gasteiger charge is 2.05. The highest BCUT2D eigenvalue weighted by molar-refractivity contribution is 7.18. The molecule has 0 aliphatic heterocycles. The van der Waals surface area contributed by atoms with Crippen LogP contribution in [0.15, 0.2) is 12.1 Å². The molecule has 1 heterocycles. The molecule has 0 saturated heterocycles. The summed E-state index contributed by atoms with van der Waals surface area (Å²) in [5.41, 5.74) is 8.48. The quantitative estimate of drug-likeness (QED) is 0.580. The lowest BCUT2D eigenvalue weighted by molar-refractivity contribution is -0.118. The summed E-state index contributed by atoms with van der Waals surface area (Å²) in [6, 6.07) is 3.88. The molecule has 5 nitrogen and oxygen atoms in total. The molecule has 0 unspecified atom stereocenters. The van der Waals surface area contributed by atoms with Crippen LogP contribution in [0.1, 0.15) is 11.9 Å². The van der Waals surface area contributed by atoms with E-state index in [4.69, 9.17) is 5.73 Å². The Hall–Kier alpha value is -1.82. The number of carbonyl (C=O) groups is 1. The second-order valence-corrected chi connectivity index (χ2v) is 5.28. The van der Waals surface area contributed by atoms with E-state index in [1.165, 1.54) is 6.92 Å². The molecular formula is C12H16N4OS. The first kappa shape index (κ1) is 12.6. The third kappa shape index (κ3) is 2.89. The van der Waals surface area contributed by atoms with Crippen molar-refractivity contribution in [3.8, 4) is 0 Å². The van der Waals surface area contributed by atoms with E-state index in [2.05, 4.69) is 15.6 Å². The Labute approximate surface area is 109 Å². The van der Waals surface area contributed by atoms with E-state index in [1.54, 1.807) is 11.3 Å². The van der Waals surface area contributed by atoms with Crippen LogP contribution in [0.2, 0.25) is 0 Å². The Balaban J connectivity index is 2.07. The van der Waals surface area contributed by atoms with Crippen LogP contribution in [-0.4, -0.2) is 24.0 Å². The van der Waals surface area contributed by atoms with Gasteiger partial charge in [0.15, 0.2) is 0 Å². The molecular weight excluding hydrogens is 248 g/mol. The molecule has 1 amide bonds. The number of rotatable bonds is 4. The van der Waals surface area contributed by atoms with Gasteiger partial charge in [0.25, 0.3) is 0 Å². The van der Waals surface area contributed by atoms with Gasteiger partial charge in [-0.05, 0) is 19.1 Å². The number of hydrogen-bond acceptors (Lipinski definition) is 5. The highest BCUT2D eigenvalue weighted by atomic mass is 32.1. The molecule has 0 saturated carbocycles. The zero-order valence-corrected chi connectivity index (χ0v) is 11.2. The minimum absolute atomic E-state index is 0.0321. The number of anilines is 2. The van der Waals surface area contributed by atoms with Crippen LogP contribution in [0.25, 0.3) is 10.2 Å². The first-order valence-corrected chi connectivity index (χ1v) is 6.53. The molecule has 96 valence electrons. The molecule has 18 heavy (non-hydrogen) atoms. The van der Waals surface area contributed by atoms with Gasteiger partial charge >= 0.3 is 0 Å². The van der Waals surface area contributed by atoms with Crippen molar-refractivity contribution in [2.45, 2.75) is 13.8 Å².